The molecule has 3 heteroatoms. The summed E-state index contributed by atoms with van der Waals surface area (Å²) in [4.78, 5) is 11.7. The molecule has 1 atom stereocenters. The van der Waals surface area contributed by atoms with E-state index in [0.717, 1.165) is 10.4 Å². The number of aliphatic carboxylic acids is 1. The number of thiocarbonyl (C=S) groups is 1. The maximum Gasteiger partial charge on any atom is 0.311 e. The molecule has 0 saturated heterocycles. The monoisotopic (exact) mass is 208 g/mol. The molecule has 2 nitrogen and oxygen atoms in total. The smallest absolute Gasteiger partial charge is 0.311 e. The second-order valence-electron chi connectivity index (χ2n) is 3.21. The molecular weight excluding hydrogens is 196 g/mol. The molecule has 1 N–H and O–H groups in total. The number of carboxylic acids is 1. The van der Waals surface area contributed by atoms with E-state index in [9.17, 15) is 4.79 Å². The van der Waals surface area contributed by atoms with Crippen molar-refractivity contribution < 1.29 is 9.90 Å². The fraction of sp³-hybridized carbons (Fsp3) is 0.273. The van der Waals surface area contributed by atoms with Crippen molar-refractivity contribution in [1.82, 2.24) is 0 Å². The Labute approximate surface area is 88.6 Å². The molecule has 0 saturated carbocycles. The predicted octanol–water partition coefficient (Wildman–Crippen LogP) is 2.63. The summed E-state index contributed by atoms with van der Waals surface area (Å²) in [7, 11) is 0. The van der Waals surface area contributed by atoms with Crippen molar-refractivity contribution in [2.24, 2.45) is 0 Å². The zero-order chi connectivity index (χ0) is 10.6. The summed E-state index contributed by atoms with van der Waals surface area (Å²) >= 11 is 4.93. The van der Waals surface area contributed by atoms with Crippen LogP contribution in [0.25, 0.3) is 0 Å². The van der Waals surface area contributed by atoms with Gasteiger partial charge in [-0.1, -0.05) is 42.5 Å². The SMILES string of the molecule is CC(=S)C[C@H](C(=O)O)c1ccccc1. The van der Waals surface area contributed by atoms with E-state index < -0.39 is 11.9 Å². The molecule has 1 aromatic rings. The maximum atomic E-state index is 11.0. The van der Waals surface area contributed by atoms with E-state index in [4.69, 9.17) is 17.3 Å². The third-order valence-corrected chi connectivity index (χ3v) is 2.16. The lowest BCUT2D eigenvalue weighted by Gasteiger charge is -2.11. The van der Waals surface area contributed by atoms with Gasteiger partial charge in [-0.05, 0) is 23.8 Å². The van der Waals surface area contributed by atoms with E-state index in [2.05, 4.69) is 0 Å². The molecule has 0 aromatic heterocycles. The Morgan fingerprint density at radius 3 is 2.43 bits per heavy atom. The van der Waals surface area contributed by atoms with Crippen LogP contribution in [-0.2, 0) is 4.79 Å². The second-order valence-corrected chi connectivity index (χ2v) is 3.90. The third-order valence-electron chi connectivity index (χ3n) is 1.99. The standard InChI is InChI=1S/C11H12O2S/c1-8(14)7-10(11(12)13)9-5-3-2-4-6-9/h2-6,10H,7H2,1H3,(H,12,13)/t10-/m0/s1. The molecule has 0 unspecified atom stereocenters. The highest BCUT2D eigenvalue weighted by atomic mass is 32.1. The molecule has 0 heterocycles. The van der Waals surface area contributed by atoms with Crippen LogP contribution in [0, 0.1) is 0 Å². The Bertz CT molecular complexity index is 332. The average molecular weight is 208 g/mol. The van der Waals surface area contributed by atoms with Gasteiger partial charge >= 0.3 is 5.97 Å². The fourth-order valence-electron chi connectivity index (χ4n) is 1.32. The molecule has 0 amide bonds. The summed E-state index contributed by atoms with van der Waals surface area (Å²) in [6.07, 6.45) is 0.425. The van der Waals surface area contributed by atoms with Gasteiger partial charge in [-0.3, -0.25) is 4.79 Å². The van der Waals surface area contributed by atoms with Crippen LogP contribution in [0.2, 0.25) is 0 Å². The van der Waals surface area contributed by atoms with Crippen molar-refractivity contribution in [3.05, 3.63) is 35.9 Å². The van der Waals surface area contributed by atoms with Crippen molar-refractivity contribution in [2.45, 2.75) is 19.3 Å². The summed E-state index contributed by atoms with van der Waals surface area (Å²) in [5, 5.41) is 9.02. The largest absolute Gasteiger partial charge is 0.481 e. The second kappa shape index (κ2) is 4.86. The summed E-state index contributed by atoms with van der Waals surface area (Å²) in [6, 6.07) is 9.18. The van der Waals surface area contributed by atoms with Crippen molar-refractivity contribution in [1.29, 1.82) is 0 Å². The summed E-state index contributed by atoms with van der Waals surface area (Å²) < 4.78 is 0. The first-order valence-electron chi connectivity index (χ1n) is 4.38. The first-order valence-corrected chi connectivity index (χ1v) is 4.79. The van der Waals surface area contributed by atoms with Gasteiger partial charge in [0.05, 0.1) is 5.92 Å². The van der Waals surface area contributed by atoms with Crippen molar-refractivity contribution >= 4 is 23.1 Å². The van der Waals surface area contributed by atoms with Crippen molar-refractivity contribution in [3.63, 3.8) is 0 Å². The molecule has 1 aromatic carbocycles. The van der Waals surface area contributed by atoms with Crippen LogP contribution < -0.4 is 0 Å². The Balaban J connectivity index is 2.89. The van der Waals surface area contributed by atoms with E-state index in [-0.39, 0.29) is 0 Å². The van der Waals surface area contributed by atoms with Crippen LogP contribution in [0.1, 0.15) is 24.8 Å². The molecular formula is C11H12O2S. The van der Waals surface area contributed by atoms with Crippen LogP contribution in [0.5, 0.6) is 0 Å². The average Bonchev–Trinajstić information content (AvgIpc) is 2.15. The van der Waals surface area contributed by atoms with Gasteiger partial charge in [0, 0.05) is 0 Å². The van der Waals surface area contributed by atoms with Gasteiger partial charge in [-0.25, -0.2) is 0 Å². The van der Waals surface area contributed by atoms with Crippen molar-refractivity contribution in [3.8, 4) is 0 Å². The zero-order valence-electron chi connectivity index (χ0n) is 7.93. The zero-order valence-corrected chi connectivity index (χ0v) is 8.75. The number of hydrogen-bond acceptors (Lipinski definition) is 2. The predicted molar refractivity (Wildman–Crippen MR) is 59.7 cm³/mol. The lowest BCUT2D eigenvalue weighted by atomic mass is 9.95. The number of carbonyl (C=O) groups is 1. The first-order chi connectivity index (χ1) is 6.61. The first kappa shape index (κ1) is 10.9. The Morgan fingerprint density at radius 2 is 2.00 bits per heavy atom. The highest BCUT2D eigenvalue weighted by Crippen LogP contribution is 2.20. The number of rotatable bonds is 4. The molecule has 0 spiro atoms. The van der Waals surface area contributed by atoms with E-state index in [1.54, 1.807) is 6.92 Å². The molecule has 74 valence electrons. The van der Waals surface area contributed by atoms with E-state index in [0.29, 0.717) is 6.42 Å². The van der Waals surface area contributed by atoms with Crippen LogP contribution in [0.15, 0.2) is 30.3 Å². The minimum absolute atomic E-state index is 0.425. The molecule has 1 rings (SSSR count). The lowest BCUT2D eigenvalue weighted by Crippen LogP contribution is -2.13. The van der Waals surface area contributed by atoms with Gasteiger partial charge in [-0.2, -0.15) is 0 Å². The molecule has 0 fully saturated rings. The topological polar surface area (TPSA) is 37.3 Å². The van der Waals surface area contributed by atoms with Gasteiger partial charge in [0.25, 0.3) is 0 Å². The van der Waals surface area contributed by atoms with E-state index in [1.807, 2.05) is 30.3 Å². The quantitative estimate of drug-likeness (QED) is 0.773. The molecule has 14 heavy (non-hydrogen) atoms. The van der Waals surface area contributed by atoms with Crippen LogP contribution in [-0.4, -0.2) is 15.9 Å². The number of carboxylic acid groups (broad SMARTS) is 1. The Hall–Kier alpha value is -1.22. The van der Waals surface area contributed by atoms with Gasteiger partial charge in [0.2, 0.25) is 0 Å². The minimum Gasteiger partial charge on any atom is -0.481 e. The van der Waals surface area contributed by atoms with Gasteiger partial charge in [0.15, 0.2) is 0 Å². The van der Waals surface area contributed by atoms with Crippen LogP contribution >= 0.6 is 12.2 Å². The Kier molecular flexibility index (Phi) is 3.77. The van der Waals surface area contributed by atoms with E-state index >= 15 is 0 Å². The molecule has 0 radical (unpaired) electrons. The molecule has 0 aliphatic carbocycles. The number of benzene rings is 1. The normalized spacial score (nSPS) is 12.1. The summed E-state index contributed by atoms with van der Waals surface area (Å²) in [5.41, 5.74) is 0.809. The fourth-order valence-corrected chi connectivity index (χ4v) is 1.49. The highest BCUT2D eigenvalue weighted by Gasteiger charge is 2.19. The lowest BCUT2D eigenvalue weighted by molar-refractivity contribution is -0.138. The van der Waals surface area contributed by atoms with Gasteiger partial charge in [-0.15, -0.1) is 0 Å². The Morgan fingerprint density at radius 1 is 1.43 bits per heavy atom. The molecule has 0 bridgehead atoms. The van der Waals surface area contributed by atoms with Crippen LogP contribution in [0.3, 0.4) is 0 Å². The van der Waals surface area contributed by atoms with Gasteiger partial charge in [0.1, 0.15) is 0 Å². The van der Waals surface area contributed by atoms with Crippen molar-refractivity contribution in [2.75, 3.05) is 0 Å². The third kappa shape index (κ3) is 2.92. The summed E-state index contributed by atoms with van der Waals surface area (Å²) in [6.45, 7) is 1.77. The van der Waals surface area contributed by atoms with Gasteiger partial charge < -0.3 is 5.11 Å². The summed E-state index contributed by atoms with van der Waals surface area (Å²) in [5.74, 6) is -1.32. The minimum atomic E-state index is -0.819. The maximum absolute atomic E-state index is 11.0. The number of hydrogen-bond donors (Lipinski definition) is 1. The van der Waals surface area contributed by atoms with E-state index in [1.165, 1.54) is 0 Å². The molecule has 0 aliphatic rings. The molecule has 0 aliphatic heterocycles. The van der Waals surface area contributed by atoms with Crippen LogP contribution in [0.4, 0.5) is 0 Å². The highest BCUT2D eigenvalue weighted by molar-refractivity contribution is 7.80.